The number of nitrogens with one attached hydrogen (secondary N) is 1. The average molecular weight is 371 g/mol. The summed E-state index contributed by atoms with van der Waals surface area (Å²) in [5.41, 5.74) is 1.68. The van der Waals surface area contributed by atoms with Crippen molar-refractivity contribution in [2.45, 2.75) is 12.8 Å². The second kappa shape index (κ2) is 6.84. The zero-order valence-corrected chi connectivity index (χ0v) is 14.9. The Morgan fingerprint density at radius 3 is 2.12 bits per heavy atom. The first-order valence-electron chi connectivity index (χ1n) is 8.06. The van der Waals surface area contributed by atoms with Crippen LogP contribution in [-0.4, -0.2) is 37.9 Å². The number of benzene rings is 2. The summed E-state index contributed by atoms with van der Waals surface area (Å²) < 4.78 is 22.2. The number of amides is 1. The Morgan fingerprint density at radius 2 is 1.50 bits per heavy atom. The van der Waals surface area contributed by atoms with E-state index in [0.717, 1.165) is 6.26 Å². The smallest absolute Gasteiger partial charge is 0.224 e. The molecule has 134 valence electrons. The van der Waals surface area contributed by atoms with Crippen LogP contribution in [-0.2, 0) is 14.6 Å². The molecule has 0 fully saturated rings. The van der Waals surface area contributed by atoms with Crippen molar-refractivity contribution in [2.75, 3.05) is 17.3 Å². The van der Waals surface area contributed by atoms with E-state index in [9.17, 15) is 22.8 Å². The standard InChI is InChI=1S/C19H17NO5S/c1-26(24,25)10-4-7-17(21)20-12-8-9-15-16(11-12)19(23)14-6-3-2-5-13(14)18(15)22/h2-3,5-6,8-9,11H,4,7,10H2,1H3,(H,20,21). The van der Waals surface area contributed by atoms with Gasteiger partial charge in [0.1, 0.15) is 9.84 Å². The third-order valence-electron chi connectivity index (χ3n) is 4.13. The summed E-state index contributed by atoms with van der Waals surface area (Å²) in [6.45, 7) is 0. The SMILES string of the molecule is CS(=O)(=O)CCCC(=O)Nc1ccc2c(c1)C(=O)c1ccccc1C2=O. The third kappa shape index (κ3) is 3.72. The number of hydrogen-bond donors (Lipinski definition) is 1. The Labute approximate surface area is 151 Å². The lowest BCUT2D eigenvalue weighted by Crippen LogP contribution is -2.21. The van der Waals surface area contributed by atoms with E-state index >= 15 is 0 Å². The molecular weight excluding hydrogens is 354 g/mol. The summed E-state index contributed by atoms with van der Waals surface area (Å²) >= 11 is 0. The fourth-order valence-corrected chi connectivity index (χ4v) is 3.56. The van der Waals surface area contributed by atoms with Crippen molar-refractivity contribution in [1.29, 1.82) is 0 Å². The van der Waals surface area contributed by atoms with Gasteiger partial charge in [-0.2, -0.15) is 0 Å². The van der Waals surface area contributed by atoms with Crippen LogP contribution in [0.15, 0.2) is 42.5 Å². The molecule has 0 aromatic heterocycles. The normalized spacial score (nSPS) is 13.1. The largest absolute Gasteiger partial charge is 0.326 e. The number of carbonyl (C=O) groups is 3. The molecule has 2 aromatic carbocycles. The van der Waals surface area contributed by atoms with Gasteiger partial charge in [-0.05, 0) is 24.6 Å². The van der Waals surface area contributed by atoms with Gasteiger partial charge in [0.15, 0.2) is 11.6 Å². The minimum absolute atomic E-state index is 0.0554. The molecule has 0 heterocycles. The van der Waals surface area contributed by atoms with Crippen LogP contribution in [0.25, 0.3) is 0 Å². The molecule has 0 unspecified atom stereocenters. The highest BCUT2D eigenvalue weighted by Gasteiger charge is 2.29. The van der Waals surface area contributed by atoms with Crippen LogP contribution in [0, 0.1) is 0 Å². The molecule has 0 aliphatic heterocycles. The quantitative estimate of drug-likeness (QED) is 0.742. The van der Waals surface area contributed by atoms with E-state index in [0.29, 0.717) is 22.4 Å². The molecule has 2 aromatic rings. The highest BCUT2D eigenvalue weighted by Crippen LogP contribution is 2.29. The van der Waals surface area contributed by atoms with Gasteiger partial charge in [0.2, 0.25) is 5.91 Å². The predicted octanol–water partition coefficient (Wildman–Crippen LogP) is 2.23. The van der Waals surface area contributed by atoms with E-state index in [1.54, 1.807) is 30.3 Å². The van der Waals surface area contributed by atoms with Gasteiger partial charge in [0.25, 0.3) is 0 Å². The third-order valence-corrected chi connectivity index (χ3v) is 5.16. The maximum atomic E-state index is 12.6. The number of carbonyl (C=O) groups excluding carboxylic acids is 3. The van der Waals surface area contributed by atoms with Crippen LogP contribution >= 0.6 is 0 Å². The maximum absolute atomic E-state index is 12.6. The number of ketones is 2. The van der Waals surface area contributed by atoms with Crippen LogP contribution in [0.5, 0.6) is 0 Å². The lowest BCUT2D eigenvalue weighted by molar-refractivity contribution is -0.116. The summed E-state index contributed by atoms with van der Waals surface area (Å²) in [5.74, 6) is -0.887. The number of sulfone groups is 1. The van der Waals surface area contributed by atoms with Gasteiger partial charge in [-0.15, -0.1) is 0 Å². The molecule has 0 saturated heterocycles. The molecule has 0 atom stereocenters. The minimum atomic E-state index is -3.11. The zero-order valence-electron chi connectivity index (χ0n) is 14.1. The summed E-state index contributed by atoms with van der Waals surface area (Å²) in [5, 5.41) is 2.64. The molecule has 1 aliphatic rings. The Bertz CT molecular complexity index is 1020. The topological polar surface area (TPSA) is 97.4 Å². The van der Waals surface area contributed by atoms with Gasteiger partial charge < -0.3 is 5.32 Å². The Hall–Kier alpha value is -2.80. The van der Waals surface area contributed by atoms with Gasteiger partial charge in [-0.1, -0.05) is 24.3 Å². The fraction of sp³-hybridized carbons (Fsp3) is 0.211. The van der Waals surface area contributed by atoms with Gasteiger partial charge >= 0.3 is 0 Å². The van der Waals surface area contributed by atoms with Crippen molar-refractivity contribution < 1.29 is 22.8 Å². The van der Waals surface area contributed by atoms with Crippen molar-refractivity contribution in [1.82, 2.24) is 0 Å². The van der Waals surface area contributed by atoms with Crippen molar-refractivity contribution in [3.05, 3.63) is 64.7 Å². The highest BCUT2D eigenvalue weighted by molar-refractivity contribution is 7.90. The van der Waals surface area contributed by atoms with Gasteiger partial charge in [-0.3, -0.25) is 14.4 Å². The molecule has 0 saturated carbocycles. The van der Waals surface area contributed by atoms with Crippen LogP contribution in [0.2, 0.25) is 0 Å². The van der Waals surface area contributed by atoms with Crippen molar-refractivity contribution in [3.63, 3.8) is 0 Å². The van der Waals surface area contributed by atoms with E-state index in [1.807, 2.05) is 0 Å². The van der Waals surface area contributed by atoms with E-state index in [1.165, 1.54) is 12.1 Å². The van der Waals surface area contributed by atoms with Crippen LogP contribution in [0.4, 0.5) is 5.69 Å². The maximum Gasteiger partial charge on any atom is 0.224 e. The predicted molar refractivity (Wildman–Crippen MR) is 97.3 cm³/mol. The summed E-state index contributed by atoms with van der Waals surface area (Å²) in [4.78, 5) is 37.1. The first-order valence-corrected chi connectivity index (χ1v) is 10.1. The molecule has 0 bridgehead atoms. The van der Waals surface area contributed by atoms with Crippen LogP contribution < -0.4 is 5.32 Å². The Morgan fingerprint density at radius 1 is 0.923 bits per heavy atom. The van der Waals surface area contributed by atoms with Gasteiger partial charge in [0.05, 0.1) is 5.75 Å². The first kappa shape index (κ1) is 18.0. The molecule has 6 nitrogen and oxygen atoms in total. The highest BCUT2D eigenvalue weighted by atomic mass is 32.2. The molecule has 1 amide bonds. The van der Waals surface area contributed by atoms with E-state index in [2.05, 4.69) is 5.32 Å². The zero-order chi connectivity index (χ0) is 18.9. The number of anilines is 1. The molecule has 3 rings (SSSR count). The number of fused-ring (bicyclic) bond motifs is 2. The molecule has 0 radical (unpaired) electrons. The van der Waals surface area contributed by atoms with E-state index in [-0.39, 0.29) is 41.6 Å². The van der Waals surface area contributed by atoms with Crippen LogP contribution in [0.3, 0.4) is 0 Å². The molecule has 7 heteroatoms. The Balaban J connectivity index is 1.78. The molecule has 1 N–H and O–H groups in total. The molecular formula is C19H17NO5S. The molecule has 1 aliphatic carbocycles. The average Bonchev–Trinajstić information content (AvgIpc) is 2.58. The molecule has 0 spiro atoms. The summed E-state index contributed by atoms with van der Waals surface area (Å²) in [6, 6.07) is 11.2. The number of rotatable bonds is 5. The number of hydrogen-bond acceptors (Lipinski definition) is 5. The lowest BCUT2D eigenvalue weighted by atomic mass is 9.84. The fourth-order valence-electron chi connectivity index (χ4n) is 2.90. The van der Waals surface area contributed by atoms with E-state index < -0.39 is 9.84 Å². The Kier molecular flexibility index (Phi) is 4.73. The first-order chi connectivity index (χ1) is 12.3. The summed E-state index contributed by atoms with van der Waals surface area (Å²) in [7, 11) is -3.11. The van der Waals surface area contributed by atoms with E-state index in [4.69, 9.17) is 0 Å². The van der Waals surface area contributed by atoms with Crippen molar-refractivity contribution in [2.24, 2.45) is 0 Å². The van der Waals surface area contributed by atoms with Crippen LogP contribution in [0.1, 0.15) is 44.7 Å². The van der Waals surface area contributed by atoms with Crippen molar-refractivity contribution in [3.8, 4) is 0 Å². The monoisotopic (exact) mass is 371 g/mol. The second-order valence-electron chi connectivity index (χ2n) is 6.25. The minimum Gasteiger partial charge on any atom is -0.326 e. The second-order valence-corrected chi connectivity index (χ2v) is 8.51. The van der Waals surface area contributed by atoms with Crippen molar-refractivity contribution >= 4 is 33.0 Å². The van der Waals surface area contributed by atoms with Gasteiger partial charge in [0, 0.05) is 40.6 Å². The summed E-state index contributed by atoms with van der Waals surface area (Å²) in [6.07, 6.45) is 1.40. The molecule has 26 heavy (non-hydrogen) atoms. The lowest BCUT2D eigenvalue weighted by Gasteiger charge is -2.18. The van der Waals surface area contributed by atoms with Gasteiger partial charge in [-0.25, -0.2) is 8.42 Å².